The molecule has 0 atom stereocenters. The lowest BCUT2D eigenvalue weighted by molar-refractivity contribution is 0.0664. The Morgan fingerprint density at radius 2 is 1.25 bits per heavy atom. The lowest BCUT2D eigenvalue weighted by Crippen LogP contribution is -2.47. The number of hydrogen-bond acceptors (Lipinski definition) is 2. The highest BCUT2D eigenvalue weighted by Crippen LogP contribution is 2.30. The molecule has 1 fully saturated rings. The van der Waals surface area contributed by atoms with Crippen LogP contribution in [0.2, 0.25) is 0 Å². The second kappa shape index (κ2) is 7.45. The number of nitrogens with zero attached hydrogens (tertiary/aromatic N) is 2. The van der Waals surface area contributed by atoms with E-state index < -0.39 is 0 Å². The van der Waals surface area contributed by atoms with E-state index in [1.165, 1.54) is 11.1 Å². The van der Waals surface area contributed by atoms with Crippen LogP contribution < -0.4 is 0 Å². The van der Waals surface area contributed by atoms with Gasteiger partial charge in [-0.1, -0.05) is 47.6 Å². The zero-order chi connectivity index (χ0) is 17.4. The molecule has 0 bridgehead atoms. The Kier molecular flexibility index (Phi) is 6.51. The van der Waals surface area contributed by atoms with Gasteiger partial charge in [-0.15, -0.1) is 12.4 Å². The Labute approximate surface area is 153 Å². The van der Waals surface area contributed by atoms with Crippen LogP contribution in [-0.2, 0) is 10.8 Å². The predicted octanol–water partition coefficient (Wildman–Crippen LogP) is 4.09. The van der Waals surface area contributed by atoms with Gasteiger partial charge in [0.05, 0.1) is 0 Å². The monoisotopic (exact) mass is 352 g/mol. The number of carbonyl (C=O) groups excluding carboxylic acids is 1. The zero-order valence-corrected chi connectivity index (χ0v) is 17.1. The Morgan fingerprint density at radius 3 is 1.62 bits per heavy atom. The molecule has 1 amide bonds. The van der Waals surface area contributed by atoms with Gasteiger partial charge in [0.2, 0.25) is 0 Å². The first kappa shape index (κ1) is 21.0. The first-order chi connectivity index (χ1) is 10.5. The molecular formula is C20H33ClN2O. The van der Waals surface area contributed by atoms with Gasteiger partial charge in [0, 0.05) is 31.7 Å². The molecule has 1 aliphatic rings. The molecule has 2 rings (SSSR count). The highest BCUT2D eigenvalue weighted by atomic mass is 35.5. The predicted molar refractivity (Wildman–Crippen MR) is 104 cm³/mol. The molecule has 0 N–H and O–H groups in total. The first-order valence-electron chi connectivity index (χ1n) is 8.62. The van der Waals surface area contributed by atoms with Gasteiger partial charge in [-0.25, -0.2) is 0 Å². The molecule has 0 saturated carbocycles. The van der Waals surface area contributed by atoms with E-state index >= 15 is 0 Å². The van der Waals surface area contributed by atoms with Crippen LogP contribution in [0.15, 0.2) is 18.2 Å². The number of rotatable bonds is 1. The van der Waals surface area contributed by atoms with Gasteiger partial charge in [0.15, 0.2) is 0 Å². The van der Waals surface area contributed by atoms with Crippen LogP contribution in [-0.4, -0.2) is 48.9 Å². The molecule has 1 aliphatic heterocycles. The van der Waals surface area contributed by atoms with Gasteiger partial charge in [-0.2, -0.15) is 0 Å². The van der Waals surface area contributed by atoms with Crippen molar-refractivity contribution in [2.45, 2.75) is 52.4 Å². The summed E-state index contributed by atoms with van der Waals surface area (Å²) in [5.41, 5.74) is 3.40. The highest BCUT2D eigenvalue weighted by Gasteiger charge is 2.25. The van der Waals surface area contributed by atoms with Crippen LogP contribution in [0.5, 0.6) is 0 Å². The summed E-state index contributed by atoms with van der Waals surface area (Å²) in [7, 11) is 2.11. The van der Waals surface area contributed by atoms with Crippen LogP contribution in [0, 0.1) is 0 Å². The Bertz CT molecular complexity index is 544. The van der Waals surface area contributed by atoms with Crippen molar-refractivity contribution in [1.82, 2.24) is 9.80 Å². The summed E-state index contributed by atoms with van der Waals surface area (Å²) in [6.07, 6.45) is 0. The van der Waals surface area contributed by atoms with E-state index in [0.29, 0.717) is 0 Å². The maximum Gasteiger partial charge on any atom is 0.253 e. The zero-order valence-electron chi connectivity index (χ0n) is 16.3. The maximum absolute atomic E-state index is 13.0. The fraction of sp³-hybridized carbons (Fsp3) is 0.650. The van der Waals surface area contributed by atoms with Gasteiger partial charge in [-0.05, 0) is 41.1 Å². The fourth-order valence-corrected chi connectivity index (χ4v) is 2.81. The van der Waals surface area contributed by atoms with Crippen LogP contribution in [0.4, 0.5) is 0 Å². The minimum absolute atomic E-state index is 0. The van der Waals surface area contributed by atoms with Crippen LogP contribution in [0.3, 0.4) is 0 Å². The lowest BCUT2D eigenvalue weighted by Gasteiger charge is -2.33. The molecule has 3 nitrogen and oxygen atoms in total. The molecular weight excluding hydrogens is 320 g/mol. The summed E-state index contributed by atoms with van der Waals surface area (Å²) in [6, 6.07) is 6.45. The van der Waals surface area contributed by atoms with Gasteiger partial charge >= 0.3 is 0 Å². The molecule has 0 unspecified atom stereocenters. The quantitative estimate of drug-likeness (QED) is 0.760. The number of halogens is 1. The molecule has 1 aromatic carbocycles. The van der Waals surface area contributed by atoms with Gasteiger partial charge in [0.25, 0.3) is 5.91 Å². The standard InChI is InChI=1S/C20H32N2O.ClH/c1-19(2,3)16-12-15(13-17(14-16)20(4,5)6)18(23)22-10-8-21(7)9-11-22;/h12-14H,8-11H2,1-7H3;1H. The van der Waals surface area contributed by atoms with Crippen LogP contribution in [0.1, 0.15) is 63.0 Å². The third-order valence-corrected chi connectivity index (χ3v) is 4.70. The molecule has 1 aromatic rings. The molecule has 0 aromatic heterocycles. The molecule has 0 aliphatic carbocycles. The summed E-state index contributed by atoms with van der Waals surface area (Å²) >= 11 is 0. The first-order valence-corrected chi connectivity index (χ1v) is 8.62. The van der Waals surface area contributed by atoms with E-state index in [1.54, 1.807) is 0 Å². The second-order valence-electron chi connectivity index (χ2n) is 8.89. The van der Waals surface area contributed by atoms with E-state index in [2.05, 4.69) is 71.7 Å². The number of piperazine rings is 1. The minimum Gasteiger partial charge on any atom is -0.336 e. The minimum atomic E-state index is 0. The Hall–Kier alpha value is -1.06. The average Bonchev–Trinajstić information content (AvgIpc) is 2.45. The largest absolute Gasteiger partial charge is 0.336 e. The molecule has 0 radical (unpaired) electrons. The third-order valence-electron chi connectivity index (χ3n) is 4.70. The van der Waals surface area contributed by atoms with Crippen LogP contribution in [0.25, 0.3) is 0 Å². The number of benzene rings is 1. The van der Waals surface area contributed by atoms with E-state index in [4.69, 9.17) is 0 Å². The maximum atomic E-state index is 13.0. The number of hydrogen-bond donors (Lipinski definition) is 0. The van der Waals surface area contributed by atoms with Crippen molar-refractivity contribution in [3.63, 3.8) is 0 Å². The van der Waals surface area contributed by atoms with Crippen molar-refractivity contribution in [1.29, 1.82) is 0 Å². The molecule has 1 heterocycles. The van der Waals surface area contributed by atoms with Crippen molar-refractivity contribution in [2.75, 3.05) is 33.2 Å². The van der Waals surface area contributed by atoms with Crippen molar-refractivity contribution in [3.8, 4) is 0 Å². The van der Waals surface area contributed by atoms with E-state index in [-0.39, 0.29) is 29.1 Å². The molecule has 4 heteroatoms. The number of carbonyl (C=O) groups is 1. The van der Waals surface area contributed by atoms with Crippen molar-refractivity contribution >= 4 is 18.3 Å². The van der Waals surface area contributed by atoms with E-state index in [9.17, 15) is 4.79 Å². The van der Waals surface area contributed by atoms with Gasteiger partial charge in [0.1, 0.15) is 0 Å². The molecule has 1 saturated heterocycles. The molecule has 0 spiro atoms. The second-order valence-corrected chi connectivity index (χ2v) is 8.89. The fourth-order valence-electron chi connectivity index (χ4n) is 2.81. The lowest BCUT2D eigenvalue weighted by atomic mass is 9.79. The topological polar surface area (TPSA) is 23.6 Å². The van der Waals surface area contributed by atoms with Gasteiger partial charge in [-0.3, -0.25) is 4.79 Å². The van der Waals surface area contributed by atoms with Crippen molar-refractivity contribution in [3.05, 3.63) is 34.9 Å². The van der Waals surface area contributed by atoms with Crippen molar-refractivity contribution in [2.24, 2.45) is 0 Å². The van der Waals surface area contributed by atoms with E-state index in [0.717, 1.165) is 31.7 Å². The average molecular weight is 353 g/mol. The number of amides is 1. The smallest absolute Gasteiger partial charge is 0.253 e. The SMILES string of the molecule is CN1CCN(C(=O)c2cc(C(C)(C)C)cc(C(C)(C)C)c2)CC1.Cl. The summed E-state index contributed by atoms with van der Waals surface area (Å²) in [6.45, 7) is 16.8. The summed E-state index contributed by atoms with van der Waals surface area (Å²) in [4.78, 5) is 17.2. The summed E-state index contributed by atoms with van der Waals surface area (Å²) in [5.74, 6) is 0.176. The third kappa shape index (κ3) is 4.97. The molecule has 24 heavy (non-hydrogen) atoms. The normalized spacial score (nSPS) is 16.7. The highest BCUT2D eigenvalue weighted by molar-refractivity contribution is 5.94. The van der Waals surface area contributed by atoms with E-state index in [1.807, 2.05) is 4.90 Å². The molecule has 136 valence electrons. The van der Waals surface area contributed by atoms with Gasteiger partial charge < -0.3 is 9.80 Å². The summed E-state index contributed by atoms with van der Waals surface area (Å²) < 4.78 is 0. The number of likely N-dealkylation sites (N-methyl/N-ethyl adjacent to an activating group) is 1. The van der Waals surface area contributed by atoms with Crippen molar-refractivity contribution < 1.29 is 4.79 Å². The Morgan fingerprint density at radius 1 is 0.833 bits per heavy atom. The van der Waals surface area contributed by atoms with Crippen LogP contribution >= 0.6 is 12.4 Å². The Balaban J connectivity index is 0.00000288. The summed E-state index contributed by atoms with van der Waals surface area (Å²) in [5, 5.41) is 0.